The number of anilines is 1. The number of methoxy groups -OCH3 is 2. The van der Waals surface area contributed by atoms with E-state index < -0.39 is 0 Å². The minimum atomic E-state index is -0.249. The second-order valence-corrected chi connectivity index (χ2v) is 6.84. The van der Waals surface area contributed by atoms with Crippen molar-refractivity contribution in [2.45, 2.75) is 39.5 Å². The van der Waals surface area contributed by atoms with Crippen molar-refractivity contribution in [3.63, 3.8) is 0 Å². The van der Waals surface area contributed by atoms with Gasteiger partial charge in [-0.25, -0.2) is 0 Å². The van der Waals surface area contributed by atoms with Crippen LogP contribution >= 0.6 is 0 Å². The molecule has 0 saturated carbocycles. The molecule has 2 aromatic rings. The van der Waals surface area contributed by atoms with Crippen LogP contribution in [0.5, 0.6) is 17.2 Å². The summed E-state index contributed by atoms with van der Waals surface area (Å²) in [5.41, 5.74) is 2.76. The van der Waals surface area contributed by atoms with Crippen molar-refractivity contribution in [2.24, 2.45) is 0 Å². The van der Waals surface area contributed by atoms with E-state index >= 15 is 0 Å². The van der Waals surface area contributed by atoms with Gasteiger partial charge in [0.1, 0.15) is 5.75 Å². The molecule has 0 atom stereocenters. The second kappa shape index (κ2) is 8.13. The van der Waals surface area contributed by atoms with Gasteiger partial charge in [0, 0.05) is 11.3 Å². The number of hydrogen-bond donors (Lipinski definition) is 2. The third-order valence-electron chi connectivity index (χ3n) is 4.32. The fourth-order valence-electron chi connectivity index (χ4n) is 2.81. The third kappa shape index (κ3) is 4.10. The molecule has 2 N–H and O–H groups in total. The molecule has 5 heteroatoms. The molecule has 26 heavy (non-hydrogen) atoms. The van der Waals surface area contributed by atoms with Crippen LogP contribution in [0, 0.1) is 0 Å². The Morgan fingerprint density at radius 1 is 0.923 bits per heavy atom. The number of aromatic hydroxyl groups is 1. The smallest absolute Gasteiger partial charge is 0.255 e. The van der Waals surface area contributed by atoms with Gasteiger partial charge in [-0.05, 0) is 53.3 Å². The Balaban J connectivity index is 2.37. The highest BCUT2D eigenvalue weighted by Gasteiger charge is 2.17. The summed E-state index contributed by atoms with van der Waals surface area (Å²) in [6.07, 6.45) is 0. The molecule has 0 saturated heterocycles. The van der Waals surface area contributed by atoms with E-state index in [4.69, 9.17) is 9.47 Å². The number of nitrogens with one attached hydrogen (secondary N) is 1. The van der Waals surface area contributed by atoms with Crippen molar-refractivity contribution in [2.75, 3.05) is 19.5 Å². The first-order chi connectivity index (χ1) is 12.3. The van der Waals surface area contributed by atoms with Crippen molar-refractivity contribution < 1.29 is 19.4 Å². The molecule has 1 amide bonds. The van der Waals surface area contributed by atoms with Crippen LogP contribution < -0.4 is 14.8 Å². The van der Waals surface area contributed by atoms with Crippen molar-refractivity contribution in [3.8, 4) is 17.2 Å². The lowest BCUT2D eigenvalue weighted by Gasteiger charge is -2.18. The molecule has 0 aliphatic heterocycles. The number of carbonyl (C=O) groups is 1. The van der Waals surface area contributed by atoms with Gasteiger partial charge >= 0.3 is 0 Å². The van der Waals surface area contributed by atoms with Crippen LogP contribution in [0.2, 0.25) is 0 Å². The molecule has 0 aliphatic carbocycles. The first-order valence-electron chi connectivity index (χ1n) is 8.68. The second-order valence-electron chi connectivity index (χ2n) is 6.84. The van der Waals surface area contributed by atoms with E-state index in [2.05, 4.69) is 5.32 Å². The first-order valence-corrected chi connectivity index (χ1v) is 8.68. The van der Waals surface area contributed by atoms with E-state index in [-0.39, 0.29) is 17.7 Å². The maximum absolute atomic E-state index is 12.7. The van der Waals surface area contributed by atoms with Gasteiger partial charge in [-0.3, -0.25) is 4.79 Å². The molecule has 0 heterocycles. The predicted molar refractivity (Wildman–Crippen MR) is 104 cm³/mol. The zero-order valence-corrected chi connectivity index (χ0v) is 16.2. The van der Waals surface area contributed by atoms with Gasteiger partial charge in [-0.15, -0.1) is 0 Å². The average molecular weight is 357 g/mol. The van der Waals surface area contributed by atoms with E-state index in [9.17, 15) is 9.90 Å². The topological polar surface area (TPSA) is 67.8 Å². The quantitative estimate of drug-likeness (QED) is 0.721. The minimum Gasteiger partial charge on any atom is -0.507 e. The first kappa shape index (κ1) is 19.6. The lowest BCUT2D eigenvalue weighted by atomic mass is 9.93. The molecule has 0 unspecified atom stereocenters. The lowest BCUT2D eigenvalue weighted by Crippen LogP contribution is -2.13. The number of carbonyl (C=O) groups excluding carboxylic acids is 1. The summed E-state index contributed by atoms with van der Waals surface area (Å²) in [6.45, 7) is 8.05. The van der Waals surface area contributed by atoms with E-state index in [1.165, 1.54) is 7.11 Å². The molecule has 0 fully saturated rings. The number of hydrogen-bond acceptors (Lipinski definition) is 4. The van der Waals surface area contributed by atoms with Crippen molar-refractivity contribution in [1.82, 2.24) is 0 Å². The van der Waals surface area contributed by atoms with Crippen LogP contribution in [0.4, 0.5) is 5.69 Å². The van der Waals surface area contributed by atoms with Gasteiger partial charge in [-0.1, -0.05) is 27.7 Å². The maximum Gasteiger partial charge on any atom is 0.255 e. The molecule has 0 bridgehead atoms. The zero-order valence-electron chi connectivity index (χ0n) is 16.2. The van der Waals surface area contributed by atoms with Crippen LogP contribution in [0.3, 0.4) is 0 Å². The van der Waals surface area contributed by atoms with Gasteiger partial charge in [0.05, 0.1) is 14.2 Å². The molecule has 0 spiro atoms. The Bertz CT molecular complexity index is 768. The predicted octanol–water partition coefficient (Wildman–Crippen LogP) is 4.91. The summed E-state index contributed by atoms with van der Waals surface area (Å²) in [6, 6.07) is 8.67. The van der Waals surface area contributed by atoms with Gasteiger partial charge in [0.2, 0.25) is 0 Å². The fraction of sp³-hybridized carbons (Fsp3) is 0.381. The van der Waals surface area contributed by atoms with Crippen molar-refractivity contribution in [1.29, 1.82) is 0 Å². The molecule has 140 valence electrons. The Kier molecular flexibility index (Phi) is 6.14. The summed E-state index contributed by atoms with van der Waals surface area (Å²) in [5, 5.41) is 13.4. The van der Waals surface area contributed by atoms with Crippen LogP contribution in [0.25, 0.3) is 0 Å². The normalized spacial score (nSPS) is 10.9. The molecule has 2 aromatic carbocycles. The number of phenolic OH excluding ortho intramolecular Hbond substituents is 1. The van der Waals surface area contributed by atoms with Gasteiger partial charge in [0.25, 0.3) is 5.91 Å². The number of amides is 1. The lowest BCUT2D eigenvalue weighted by molar-refractivity contribution is 0.102. The van der Waals surface area contributed by atoms with E-state index in [1.807, 2.05) is 39.8 Å². The van der Waals surface area contributed by atoms with Gasteiger partial charge in [-0.2, -0.15) is 0 Å². The summed E-state index contributed by atoms with van der Waals surface area (Å²) in [7, 11) is 3.08. The van der Waals surface area contributed by atoms with Crippen LogP contribution in [0.1, 0.15) is 61.0 Å². The fourth-order valence-corrected chi connectivity index (χ4v) is 2.81. The SMILES string of the molecule is COc1ccc(C(=O)Nc2cc(C(C)C)c(O)c(C(C)C)c2)cc1OC. The Morgan fingerprint density at radius 2 is 1.46 bits per heavy atom. The largest absolute Gasteiger partial charge is 0.507 e. The van der Waals surface area contributed by atoms with Gasteiger partial charge < -0.3 is 19.9 Å². The van der Waals surface area contributed by atoms with Crippen LogP contribution in [-0.4, -0.2) is 25.2 Å². The average Bonchev–Trinajstić information content (AvgIpc) is 2.61. The van der Waals surface area contributed by atoms with Crippen LogP contribution in [0.15, 0.2) is 30.3 Å². The Hall–Kier alpha value is -2.69. The highest BCUT2D eigenvalue weighted by molar-refractivity contribution is 6.04. The summed E-state index contributed by atoms with van der Waals surface area (Å²) >= 11 is 0. The molecular weight excluding hydrogens is 330 g/mol. The standard InChI is InChI=1S/C21H27NO4/c1-12(2)16-10-15(11-17(13(3)4)20(16)23)22-21(24)14-7-8-18(25-5)19(9-14)26-6/h7-13,23H,1-6H3,(H,22,24). The molecular formula is C21H27NO4. The summed E-state index contributed by atoms with van der Waals surface area (Å²) < 4.78 is 10.5. The molecule has 2 rings (SSSR count). The number of ether oxygens (including phenoxy) is 2. The van der Waals surface area contributed by atoms with Crippen LogP contribution in [-0.2, 0) is 0 Å². The van der Waals surface area contributed by atoms with Gasteiger partial charge in [0.15, 0.2) is 11.5 Å². The molecule has 0 radical (unpaired) electrons. The monoisotopic (exact) mass is 357 g/mol. The molecule has 0 aromatic heterocycles. The third-order valence-corrected chi connectivity index (χ3v) is 4.32. The summed E-state index contributed by atoms with van der Waals surface area (Å²) in [5.74, 6) is 1.41. The number of rotatable bonds is 6. The van der Waals surface area contributed by atoms with Crippen molar-refractivity contribution >= 4 is 11.6 Å². The Morgan fingerprint density at radius 3 is 1.92 bits per heavy atom. The number of phenols is 1. The van der Waals surface area contributed by atoms with Crippen molar-refractivity contribution in [3.05, 3.63) is 47.0 Å². The highest BCUT2D eigenvalue weighted by atomic mass is 16.5. The molecule has 0 aliphatic rings. The number of benzene rings is 2. The Labute approximate surface area is 155 Å². The van der Waals surface area contributed by atoms with E-state index in [0.717, 1.165) is 11.1 Å². The van der Waals surface area contributed by atoms with E-state index in [1.54, 1.807) is 25.3 Å². The zero-order chi connectivity index (χ0) is 19.4. The summed E-state index contributed by atoms with van der Waals surface area (Å²) in [4.78, 5) is 12.7. The maximum atomic E-state index is 12.7. The molecule has 5 nitrogen and oxygen atoms in total. The highest BCUT2D eigenvalue weighted by Crippen LogP contribution is 2.36. The minimum absolute atomic E-state index is 0.144. The van der Waals surface area contributed by atoms with E-state index in [0.29, 0.717) is 28.5 Å².